The first-order valence-electron chi connectivity index (χ1n) is 5.24. The van der Waals surface area contributed by atoms with E-state index in [9.17, 15) is 9.18 Å². The number of halogens is 1. The highest BCUT2D eigenvalue weighted by atomic mass is 32.2. The molecular formula is C12H15FO4S. The Bertz CT molecular complexity index is 448. The van der Waals surface area contributed by atoms with Crippen molar-refractivity contribution in [2.24, 2.45) is 0 Å². The Kier molecular flexibility index (Phi) is 5.27. The van der Waals surface area contributed by atoms with Gasteiger partial charge >= 0.3 is 5.97 Å². The number of carboxylic acids is 1. The van der Waals surface area contributed by atoms with E-state index in [1.165, 1.54) is 32.0 Å². The fourth-order valence-electron chi connectivity index (χ4n) is 1.67. The molecule has 0 aliphatic carbocycles. The number of aliphatic carboxylic acids is 1. The standard InChI is InChI=1S/C12H15FO4S/c1-16-10-7(4-5-9(14)15)6-8(13)12(18-3)11(10)17-2/h6H,4-5H2,1-3H3,(H,14,15). The summed E-state index contributed by atoms with van der Waals surface area (Å²) in [5.41, 5.74) is 0.493. The van der Waals surface area contributed by atoms with Gasteiger partial charge in [-0.3, -0.25) is 4.79 Å². The Morgan fingerprint density at radius 1 is 1.39 bits per heavy atom. The summed E-state index contributed by atoms with van der Waals surface area (Å²) in [7, 11) is 2.88. The van der Waals surface area contributed by atoms with Gasteiger partial charge in [-0.15, -0.1) is 11.8 Å². The minimum absolute atomic E-state index is 0.0857. The van der Waals surface area contributed by atoms with E-state index in [0.29, 0.717) is 22.0 Å². The maximum absolute atomic E-state index is 13.8. The maximum atomic E-state index is 13.8. The van der Waals surface area contributed by atoms with Crippen LogP contribution in [-0.4, -0.2) is 31.6 Å². The van der Waals surface area contributed by atoms with Crippen LogP contribution in [0.25, 0.3) is 0 Å². The molecule has 0 aliphatic rings. The van der Waals surface area contributed by atoms with Crippen molar-refractivity contribution in [3.8, 4) is 11.5 Å². The molecule has 0 bridgehead atoms. The Hall–Kier alpha value is -1.43. The van der Waals surface area contributed by atoms with Gasteiger partial charge in [-0.2, -0.15) is 0 Å². The van der Waals surface area contributed by atoms with Crippen molar-refractivity contribution in [2.45, 2.75) is 17.7 Å². The molecule has 4 nitrogen and oxygen atoms in total. The van der Waals surface area contributed by atoms with Crippen LogP contribution in [0, 0.1) is 5.82 Å². The number of carbonyl (C=O) groups is 1. The summed E-state index contributed by atoms with van der Waals surface area (Å²) in [6.07, 6.45) is 1.84. The Morgan fingerprint density at radius 2 is 2.00 bits per heavy atom. The SMILES string of the molecule is COc1c(CCC(=O)O)cc(F)c(SC)c1OC. The maximum Gasteiger partial charge on any atom is 0.303 e. The van der Waals surface area contributed by atoms with Crippen molar-refractivity contribution >= 4 is 17.7 Å². The lowest BCUT2D eigenvalue weighted by Crippen LogP contribution is -2.03. The van der Waals surface area contributed by atoms with E-state index in [2.05, 4.69) is 0 Å². The molecule has 0 saturated carbocycles. The molecule has 100 valence electrons. The molecule has 6 heteroatoms. The lowest BCUT2D eigenvalue weighted by atomic mass is 10.1. The Morgan fingerprint density at radius 3 is 2.44 bits per heavy atom. The topological polar surface area (TPSA) is 55.8 Å². The van der Waals surface area contributed by atoms with Gasteiger partial charge in [0.05, 0.1) is 19.1 Å². The summed E-state index contributed by atoms with van der Waals surface area (Å²) in [5, 5.41) is 8.67. The molecular weight excluding hydrogens is 259 g/mol. The van der Waals surface area contributed by atoms with Gasteiger partial charge in [-0.05, 0) is 18.7 Å². The van der Waals surface area contributed by atoms with Crippen LogP contribution >= 0.6 is 11.8 Å². The van der Waals surface area contributed by atoms with Crippen molar-refractivity contribution < 1.29 is 23.8 Å². The predicted molar refractivity (Wildman–Crippen MR) is 67.2 cm³/mol. The second-order valence-corrected chi connectivity index (χ2v) is 4.33. The summed E-state index contributed by atoms with van der Waals surface area (Å²) >= 11 is 1.21. The first kappa shape index (κ1) is 14.6. The number of ether oxygens (including phenoxy) is 2. The van der Waals surface area contributed by atoms with Crippen LogP contribution in [0.15, 0.2) is 11.0 Å². The fraction of sp³-hybridized carbons (Fsp3) is 0.417. The smallest absolute Gasteiger partial charge is 0.303 e. The second-order valence-electron chi connectivity index (χ2n) is 3.51. The van der Waals surface area contributed by atoms with Crippen LogP contribution < -0.4 is 9.47 Å². The number of hydrogen-bond acceptors (Lipinski definition) is 4. The van der Waals surface area contributed by atoms with E-state index in [-0.39, 0.29) is 12.8 Å². The van der Waals surface area contributed by atoms with Gasteiger partial charge in [0.25, 0.3) is 0 Å². The highest BCUT2D eigenvalue weighted by molar-refractivity contribution is 7.98. The van der Waals surface area contributed by atoms with Gasteiger partial charge in [-0.25, -0.2) is 4.39 Å². The predicted octanol–water partition coefficient (Wildman–Crippen LogP) is 2.58. The average Bonchev–Trinajstić information content (AvgIpc) is 2.34. The largest absolute Gasteiger partial charge is 0.493 e. The van der Waals surface area contributed by atoms with E-state index < -0.39 is 11.8 Å². The minimum Gasteiger partial charge on any atom is -0.493 e. The monoisotopic (exact) mass is 274 g/mol. The number of thioether (sulfide) groups is 1. The molecule has 1 N–H and O–H groups in total. The highest BCUT2D eigenvalue weighted by Gasteiger charge is 2.19. The summed E-state index contributed by atoms with van der Waals surface area (Å²) in [4.78, 5) is 10.9. The molecule has 0 saturated heterocycles. The van der Waals surface area contributed by atoms with Crippen molar-refractivity contribution in [1.82, 2.24) is 0 Å². The van der Waals surface area contributed by atoms with E-state index in [0.717, 1.165) is 0 Å². The van der Waals surface area contributed by atoms with Gasteiger partial charge in [0.1, 0.15) is 5.82 Å². The van der Waals surface area contributed by atoms with E-state index >= 15 is 0 Å². The molecule has 0 aromatic heterocycles. The van der Waals surface area contributed by atoms with E-state index in [4.69, 9.17) is 14.6 Å². The second kappa shape index (κ2) is 6.49. The van der Waals surface area contributed by atoms with Gasteiger partial charge in [0, 0.05) is 12.0 Å². The van der Waals surface area contributed by atoms with E-state index in [1.807, 2.05) is 0 Å². The van der Waals surface area contributed by atoms with Crippen molar-refractivity contribution in [3.05, 3.63) is 17.4 Å². The van der Waals surface area contributed by atoms with Gasteiger partial charge < -0.3 is 14.6 Å². The molecule has 18 heavy (non-hydrogen) atoms. The summed E-state index contributed by atoms with van der Waals surface area (Å²) in [5.74, 6) is -0.666. The summed E-state index contributed by atoms with van der Waals surface area (Å²) in [6, 6.07) is 1.30. The molecule has 0 fully saturated rings. The number of carboxylic acid groups (broad SMARTS) is 1. The number of hydrogen-bond donors (Lipinski definition) is 1. The number of rotatable bonds is 6. The molecule has 0 atom stereocenters. The summed E-state index contributed by atoms with van der Waals surface area (Å²) < 4.78 is 24.2. The van der Waals surface area contributed by atoms with Crippen LogP contribution in [0.1, 0.15) is 12.0 Å². The molecule has 0 spiro atoms. The van der Waals surface area contributed by atoms with Crippen LogP contribution in [0.3, 0.4) is 0 Å². The third-order valence-electron chi connectivity index (χ3n) is 2.44. The highest BCUT2D eigenvalue weighted by Crippen LogP contribution is 2.41. The van der Waals surface area contributed by atoms with Crippen molar-refractivity contribution in [1.29, 1.82) is 0 Å². The van der Waals surface area contributed by atoms with E-state index in [1.54, 1.807) is 6.26 Å². The molecule has 0 heterocycles. The lowest BCUT2D eigenvalue weighted by molar-refractivity contribution is -0.136. The number of benzene rings is 1. The number of methoxy groups -OCH3 is 2. The average molecular weight is 274 g/mol. The third kappa shape index (κ3) is 3.07. The van der Waals surface area contributed by atoms with Gasteiger partial charge in [0.2, 0.25) is 0 Å². The molecule has 0 unspecified atom stereocenters. The number of aryl methyl sites for hydroxylation is 1. The molecule has 0 amide bonds. The van der Waals surface area contributed by atoms with Crippen LogP contribution in [0.5, 0.6) is 11.5 Å². The Balaban J connectivity index is 3.25. The zero-order chi connectivity index (χ0) is 13.7. The first-order valence-corrected chi connectivity index (χ1v) is 6.46. The van der Waals surface area contributed by atoms with Crippen LogP contribution in [-0.2, 0) is 11.2 Å². The molecule has 0 radical (unpaired) electrons. The quantitative estimate of drug-likeness (QED) is 0.808. The fourth-order valence-corrected chi connectivity index (χ4v) is 2.28. The van der Waals surface area contributed by atoms with Crippen molar-refractivity contribution in [2.75, 3.05) is 20.5 Å². The van der Waals surface area contributed by atoms with Crippen molar-refractivity contribution in [3.63, 3.8) is 0 Å². The van der Waals surface area contributed by atoms with Gasteiger partial charge in [-0.1, -0.05) is 0 Å². The van der Waals surface area contributed by atoms with Gasteiger partial charge in [0.15, 0.2) is 11.5 Å². The Labute approximate surface area is 109 Å². The molecule has 1 aromatic carbocycles. The lowest BCUT2D eigenvalue weighted by Gasteiger charge is -2.16. The zero-order valence-electron chi connectivity index (χ0n) is 10.4. The van der Waals surface area contributed by atoms with Crippen LogP contribution in [0.4, 0.5) is 4.39 Å². The molecule has 0 aliphatic heterocycles. The third-order valence-corrected chi connectivity index (χ3v) is 3.23. The van der Waals surface area contributed by atoms with Crippen LogP contribution in [0.2, 0.25) is 0 Å². The normalized spacial score (nSPS) is 10.2. The molecule has 1 rings (SSSR count). The minimum atomic E-state index is -0.939. The first-order chi connectivity index (χ1) is 8.54. The summed E-state index contributed by atoms with van der Waals surface area (Å²) in [6.45, 7) is 0. The zero-order valence-corrected chi connectivity index (χ0v) is 11.3. The molecule has 1 aromatic rings.